The molecule has 17 heavy (non-hydrogen) atoms. The Morgan fingerprint density at radius 2 is 2.24 bits per heavy atom. The van der Waals surface area contributed by atoms with E-state index in [2.05, 4.69) is 16.3 Å². The maximum Gasteiger partial charge on any atom is 0.272 e. The lowest BCUT2D eigenvalue weighted by atomic mass is 10.1. The van der Waals surface area contributed by atoms with Gasteiger partial charge in [-0.2, -0.15) is 5.10 Å². The van der Waals surface area contributed by atoms with E-state index in [4.69, 9.17) is 12.2 Å². The Morgan fingerprint density at radius 1 is 1.65 bits per heavy atom. The molecule has 0 saturated carbocycles. The Kier molecular flexibility index (Phi) is 3.47. The van der Waals surface area contributed by atoms with Gasteiger partial charge in [-0.15, -0.1) is 6.42 Å². The fourth-order valence-corrected chi connectivity index (χ4v) is 1.44. The van der Waals surface area contributed by atoms with Crippen LogP contribution >= 0.6 is 0 Å². The lowest BCUT2D eigenvalue weighted by molar-refractivity contribution is 0.0920. The maximum atomic E-state index is 12.1. The number of nitrogens with one attached hydrogen (secondary N) is 1. The Bertz CT molecular complexity index is 479. The summed E-state index contributed by atoms with van der Waals surface area (Å²) < 4.78 is 1.58. The lowest BCUT2D eigenvalue weighted by Crippen LogP contribution is -2.43. The largest absolute Gasteiger partial charge is 0.395 e. The number of terminal acetylenes is 1. The highest BCUT2D eigenvalue weighted by atomic mass is 16.2. The molecule has 1 rings (SSSR count). The minimum absolute atomic E-state index is 0.298. The minimum Gasteiger partial charge on any atom is -0.395 e. The summed E-state index contributed by atoms with van der Waals surface area (Å²) in [5, 5.41) is 6.92. The van der Waals surface area contributed by atoms with Gasteiger partial charge in [0, 0.05) is 6.54 Å². The van der Waals surface area contributed by atoms with E-state index in [9.17, 15) is 4.79 Å². The second-order valence-electron chi connectivity index (χ2n) is 4.39. The first-order chi connectivity index (χ1) is 7.82. The normalized spacial score (nSPS) is 11.0. The second kappa shape index (κ2) is 4.50. The summed E-state index contributed by atoms with van der Waals surface area (Å²) in [7, 11) is 0. The topological polar surface area (TPSA) is 72.9 Å². The molecule has 0 spiro atoms. The molecule has 0 aliphatic heterocycles. The van der Waals surface area contributed by atoms with Crippen molar-refractivity contribution in [3.8, 4) is 12.3 Å². The number of hydrogen-bond acceptors (Lipinski definition) is 3. The van der Waals surface area contributed by atoms with Crippen molar-refractivity contribution < 1.29 is 4.79 Å². The van der Waals surface area contributed by atoms with Gasteiger partial charge in [0.2, 0.25) is 0 Å². The summed E-state index contributed by atoms with van der Waals surface area (Å²) in [6.45, 7) is 7.75. The summed E-state index contributed by atoms with van der Waals surface area (Å²) in [5.41, 5.74) is 6.55. The Balaban J connectivity index is 3.09. The summed E-state index contributed by atoms with van der Waals surface area (Å²) >= 11 is 0. The van der Waals surface area contributed by atoms with E-state index in [-0.39, 0.29) is 5.91 Å². The van der Waals surface area contributed by atoms with E-state index >= 15 is 0 Å². The predicted octanol–water partition coefficient (Wildman–Crippen LogP) is 0.935. The Labute approximate surface area is 101 Å². The van der Waals surface area contributed by atoms with Gasteiger partial charge in [0.25, 0.3) is 5.91 Å². The Hall–Kier alpha value is -1.96. The average molecular weight is 234 g/mol. The highest BCUT2D eigenvalue weighted by Crippen LogP contribution is 2.17. The van der Waals surface area contributed by atoms with Gasteiger partial charge in [-0.1, -0.05) is 5.92 Å². The van der Waals surface area contributed by atoms with Crippen molar-refractivity contribution >= 4 is 11.6 Å². The first-order valence-corrected chi connectivity index (χ1v) is 5.45. The average Bonchev–Trinajstić information content (AvgIpc) is 2.54. The van der Waals surface area contributed by atoms with Gasteiger partial charge >= 0.3 is 0 Å². The summed E-state index contributed by atoms with van der Waals surface area (Å²) in [5.74, 6) is 2.21. The molecule has 1 heterocycles. The van der Waals surface area contributed by atoms with E-state index in [0.29, 0.717) is 23.6 Å². The van der Waals surface area contributed by atoms with Gasteiger partial charge < -0.3 is 11.1 Å². The van der Waals surface area contributed by atoms with E-state index < -0.39 is 5.54 Å². The van der Waals surface area contributed by atoms with Crippen LogP contribution in [0, 0.1) is 19.3 Å². The van der Waals surface area contributed by atoms with Crippen molar-refractivity contribution in [3.05, 3.63) is 11.4 Å². The number of nitrogen functional groups attached to an aromatic ring is 1. The molecule has 0 saturated heterocycles. The monoisotopic (exact) mass is 234 g/mol. The summed E-state index contributed by atoms with van der Waals surface area (Å²) in [6.07, 6.45) is 5.33. The zero-order chi connectivity index (χ0) is 13.2. The number of amides is 1. The van der Waals surface area contributed by atoms with Crippen LogP contribution in [-0.4, -0.2) is 21.2 Å². The van der Waals surface area contributed by atoms with E-state index in [0.717, 1.165) is 0 Å². The van der Waals surface area contributed by atoms with Crippen LogP contribution in [0.1, 0.15) is 37.0 Å². The molecule has 0 aromatic carbocycles. The smallest absolute Gasteiger partial charge is 0.272 e. The molecule has 1 aromatic rings. The predicted molar refractivity (Wildman–Crippen MR) is 67.4 cm³/mol. The van der Waals surface area contributed by atoms with Crippen LogP contribution < -0.4 is 11.1 Å². The molecule has 3 N–H and O–H groups in total. The molecule has 0 atom stereocenters. The zero-order valence-electron chi connectivity index (χ0n) is 10.7. The number of carbonyl (C=O) groups is 1. The molecule has 5 heteroatoms. The van der Waals surface area contributed by atoms with Crippen molar-refractivity contribution in [2.24, 2.45) is 0 Å². The van der Waals surface area contributed by atoms with Gasteiger partial charge in [0.15, 0.2) is 0 Å². The molecule has 0 fully saturated rings. The number of carbonyl (C=O) groups excluding carboxylic acids is 1. The number of aromatic nitrogens is 2. The third-order valence-corrected chi connectivity index (χ3v) is 2.48. The third kappa shape index (κ3) is 2.59. The summed E-state index contributed by atoms with van der Waals surface area (Å²) in [6, 6.07) is 0. The first-order valence-electron chi connectivity index (χ1n) is 5.45. The first kappa shape index (κ1) is 13.1. The van der Waals surface area contributed by atoms with Gasteiger partial charge in [0.05, 0.1) is 16.9 Å². The van der Waals surface area contributed by atoms with Crippen molar-refractivity contribution in [1.82, 2.24) is 15.1 Å². The van der Waals surface area contributed by atoms with Crippen LogP contribution in [0.4, 0.5) is 5.69 Å². The molecule has 0 aliphatic rings. The third-order valence-electron chi connectivity index (χ3n) is 2.48. The van der Waals surface area contributed by atoms with Crippen molar-refractivity contribution in [3.63, 3.8) is 0 Å². The Morgan fingerprint density at radius 3 is 2.71 bits per heavy atom. The number of nitrogens with zero attached hydrogens (tertiary/aromatic N) is 2. The molecule has 0 bridgehead atoms. The fraction of sp³-hybridized carbons (Fsp3) is 0.500. The van der Waals surface area contributed by atoms with Crippen molar-refractivity contribution in [2.45, 2.75) is 39.8 Å². The van der Waals surface area contributed by atoms with Crippen molar-refractivity contribution in [2.75, 3.05) is 5.73 Å². The fourth-order valence-electron chi connectivity index (χ4n) is 1.44. The van der Waals surface area contributed by atoms with Crippen LogP contribution in [0.25, 0.3) is 0 Å². The molecule has 0 aliphatic carbocycles. The van der Waals surface area contributed by atoms with E-state index in [1.54, 1.807) is 25.5 Å². The lowest BCUT2D eigenvalue weighted by Gasteiger charge is -2.19. The van der Waals surface area contributed by atoms with Crippen molar-refractivity contribution in [1.29, 1.82) is 0 Å². The van der Waals surface area contributed by atoms with Gasteiger partial charge in [-0.3, -0.25) is 9.48 Å². The highest BCUT2D eigenvalue weighted by molar-refractivity contribution is 5.98. The van der Waals surface area contributed by atoms with Gasteiger partial charge in [-0.05, 0) is 27.7 Å². The number of anilines is 1. The molecule has 5 nitrogen and oxygen atoms in total. The molecule has 1 amide bonds. The maximum absolute atomic E-state index is 12.1. The number of nitrogens with two attached hydrogens (primary N) is 1. The minimum atomic E-state index is -0.708. The molecular formula is C12H18N4O. The highest BCUT2D eigenvalue weighted by Gasteiger charge is 2.24. The van der Waals surface area contributed by atoms with Crippen LogP contribution in [0.15, 0.2) is 0 Å². The quantitative estimate of drug-likeness (QED) is 0.764. The van der Waals surface area contributed by atoms with Gasteiger partial charge in [0.1, 0.15) is 5.69 Å². The number of rotatable bonds is 3. The van der Waals surface area contributed by atoms with Crippen LogP contribution in [0.3, 0.4) is 0 Å². The number of aryl methyl sites for hydroxylation is 2. The molecular weight excluding hydrogens is 216 g/mol. The molecule has 92 valence electrons. The second-order valence-corrected chi connectivity index (χ2v) is 4.39. The summed E-state index contributed by atoms with van der Waals surface area (Å²) in [4.78, 5) is 12.1. The van der Waals surface area contributed by atoms with E-state index in [1.165, 1.54) is 0 Å². The zero-order valence-corrected chi connectivity index (χ0v) is 10.7. The standard InChI is InChI=1S/C12H18N4O/c1-6-12(4,5)14-11(17)10-9(13)8(3)15-16(10)7-2/h1H,7,13H2,2-5H3,(H,14,17). The van der Waals surface area contributed by atoms with Crippen LogP contribution in [0.5, 0.6) is 0 Å². The molecule has 0 radical (unpaired) electrons. The SMILES string of the molecule is C#CC(C)(C)NC(=O)c1c(N)c(C)nn1CC. The van der Waals surface area contributed by atoms with Gasteiger partial charge in [-0.25, -0.2) is 0 Å². The van der Waals surface area contributed by atoms with Crippen LogP contribution in [-0.2, 0) is 6.54 Å². The van der Waals surface area contributed by atoms with E-state index in [1.807, 2.05) is 6.92 Å². The molecule has 1 aromatic heterocycles. The van der Waals surface area contributed by atoms with Crippen LogP contribution in [0.2, 0.25) is 0 Å². The number of hydrogen-bond donors (Lipinski definition) is 2. The molecule has 0 unspecified atom stereocenters.